The van der Waals surface area contributed by atoms with Gasteiger partial charge in [-0.15, -0.1) is 10.2 Å². The summed E-state index contributed by atoms with van der Waals surface area (Å²) in [5.41, 5.74) is 2.40. The van der Waals surface area contributed by atoms with Crippen molar-refractivity contribution < 1.29 is 9.59 Å². The van der Waals surface area contributed by atoms with E-state index >= 15 is 0 Å². The highest BCUT2D eigenvalue weighted by Gasteiger charge is 2.08. The second kappa shape index (κ2) is 7.98. The van der Waals surface area contributed by atoms with Crippen molar-refractivity contribution in [3.63, 3.8) is 0 Å². The van der Waals surface area contributed by atoms with Crippen LogP contribution in [0.3, 0.4) is 0 Å². The number of hydrogen-bond donors (Lipinski definition) is 2. The Labute approximate surface area is 150 Å². The summed E-state index contributed by atoms with van der Waals surface area (Å²) in [6, 6.07) is 15.8. The molecule has 7 heteroatoms. The maximum atomic E-state index is 12.1. The summed E-state index contributed by atoms with van der Waals surface area (Å²) in [6.07, 6.45) is 1.67. The molecule has 0 aliphatic heterocycles. The van der Waals surface area contributed by atoms with E-state index in [-0.39, 0.29) is 17.4 Å². The first kappa shape index (κ1) is 17.2. The molecule has 26 heavy (non-hydrogen) atoms. The first-order valence-corrected chi connectivity index (χ1v) is 8.02. The van der Waals surface area contributed by atoms with Crippen LogP contribution in [-0.4, -0.2) is 26.9 Å². The number of nitrogens with one attached hydrogen (secondary N) is 2. The summed E-state index contributed by atoms with van der Waals surface area (Å²) in [4.78, 5) is 27.5. The number of nitrogens with zero attached hydrogens (tertiary/aromatic N) is 3. The average Bonchev–Trinajstić information content (AvgIpc) is 2.68. The van der Waals surface area contributed by atoms with E-state index in [1.54, 1.807) is 42.6 Å². The Kier molecular flexibility index (Phi) is 5.28. The standard InChI is InChI=1S/C19H17N5O2/c1-13(25)14-5-7-15(8-6-14)22-18-10-9-17(23-24-18)19(26)21-12-16-4-2-3-11-20-16/h2-11H,12H2,1H3,(H,21,26)(H,22,24). The number of hydrogen-bond acceptors (Lipinski definition) is 6. The van der Waals surface area contributed by atoms with Crippen LogP contribution in [0.25, 0.3) is 0 Å². The second-order valence-corrected chi connectivity index (χ2v) is 5.57. The number of anilines is 2. The van der Waals surface area contributed by atoms with Crippen molar-refractivity contribution in [2.75, 3.05) is 5.32 Å². The highest BCUT2D eigenvalue weighted by atomic mass is 16.2. The molecular weight excluding hydrogens is 330 g/mol. The highest BCUT2D eigenvalue weighted by Crippen LogP contribution is 2.15. The number of rotatable bonds is 6. The zero-order valence-electron chi connectivity index (χ0n) is 14.1. The fraction of sp³-hybridized carbons (Fsp3) is 0.105. The van der Waals surface area contributed by atoms with Gasteiger partial charge in [-0.1, -0.05) is 6.07 Å². The van der Waals surface area contributed by atoms with Gasteiger partial charge < -0.3 is 10.6 Å². The van der Waals surface area contributed by atoms with Crippen molar-refractivity contribution >= 4 is 23.2 Å². The monoisotopic (exact) mass is 347 g/mol. The van der Waals surface area contributed by atoms with Gasteiger partial charge in [0.05, 0.1) is 12.2 Å². The number of carbonyl (C=O) groups excluding carboxylic acids is 2. The van der Waals surface area contributed by atoms with Gasteiger partial charge in [0.15, 0.2) is 17.3 Å². The summed E-state index contributed by atoms with van der Waals surface area (Å²) in [5.74, 6) is 0.194. The van der Waals surface area contributed by atoms with Gasteiger partial charge in [-0.25, -0.2) is 0 Å². The van der Waals surface area contributed by atoms with Crippen LogP contribution in [0.2, 0.25) is 0 Å². The molecule has 0 fully saturated rings. The topological polar surface area (TPSA) is 96.9 Å². The van der Waals surface area contributed by atoms with E-state index in [9.17, 15) is 9.59 Å². The Morgan fingerprint density at radius 3 is 2.38 bits per heavy atom. The molecule has 3 rings (SSSR count). The van der Waals surface area contributed by atoms with Crippen LogP contribution < -0.4 is 10.6 Å². The summed E-state index contributed by atoms with van der Waals surface area (Å²) in [7, 11) is 0. The van der Waals surface area contributed by atoms with Gasteiger partial charge in [-0.3, -0.25) is 14.6 Å². The molecular formula is C19H17N5O2. The molecule has 0 aliphatic rings. The van der Waals surface area contributed by atoms with Gasteiger partial charge in [0.1, 0.15) is 0 Å². The fourth-order valence-electron chi connectivity index (χ4n) is 2.22. The minimum Gasteiger partial charge on any atom is -0.345 e. The van der Waals surface area contributed by atoms with E-state index < -0.39 is 0 Å². The predicted octanol–water partition coefficient (Wildman–Crippen LogP) is 2.75. The van der Waals surface area contributed by atoms with Gasteiger partial charge in [-0.2, -0.15) is 0 Å². The number of pyridine rings is 1. The molecule has 0 saturated heterocycles. The number of amides is 1. The van der Waals surface area contributed by atoms with Crippen molar-refractivity contribution in [1.29, 1.82) is 0 Å². The van der Waals surface area contributed by atoms with Gasteiger partial charge in [0.2, 0.25) is 0 Å². The fourth-order valence-corrected chi connectivity index (χ4v) is 2.22. The summed E-state index contributed by atoms with van der Waals surface area (Å²) >= 11 is 0. The first-order chi connectivity index (χ1) is 12.6. The van der Waals surface area contributed by atoms with Crippen molar-refractivity contribution in [2.24, 2.45) is 0 Å². The molecule has 3 aromatic rings. The van der Waals surface area contributed by atoms with Gasteiger partial charge >= 0.3 is 0 Å². The van der Waals surface area contributed by atoms with E-state index in [0.717, 1.165) is 11.4 Å². The Morgan fingerprint density at radius 2 is 1.77 bits per heavy atom. The van der Waals surface area contributed by atoms with Crippen LogP contribution >= 0.6 is 0 Å². The number of aromatic nitrogens is 3. The lowest BCUT2D eigenvalue weighted by Gasteiger charge is -2.07. The summed E-state index contributed by atoms with van der Waals surface area (Å²) in [5, 5.41) is 13.7. The molecule has 0 radical (unpaired) electrons. The first-order valence-electron chi connectivity index (χ1n) is 8.02. The quantitative estimate of drug-likeness (QED) is 0.666. The van der Waals surface area contributed by atoms with Crippen LogP contribution in [-0.2, 0) is 6.54 Å². The molecule has 2 aromatic heterocycles. The van der Waals surface area contributed by atoms with Crippen LogP contribution in [0.15, 0.2) is 60.8 Å². The molecule has 2 heterocycles. The molecule has 1 aromatic carbocycles. The maximum absolute atomic E-state index is 12.1. The summed E-state index contributed by atoms with van der Waals surface area (Å²) < 4.78 is 0. The number of benzene rings is 1. The lowest BCUT2D eigenvalue weighted by Crippen LogP contribution is -2.24. The smallest absolute Gasteiger partial charge is 0.272 e. The largest absolute Gasteiger partial charge is 0.345 e. The SMILES string of the molecule is CC(=O)c1ccc(Nc2ccc(C(=O)NCc3ccccn3)nn2)cc1. The zero-order chi connectivity index (χ0) is 18.4. The van der Waals surface area contributed by atoms with Gasteiger partial charge in [-0.05, 0) is 55.5 Å². The van der Waals surface area contributed by atoms with Gasteiger partial charge in [0.25, 0.3) is 5.91 Å². The van der Waals surface area contributed by atoms with Crippen molar-refractivity contribution in [3.8, 4) is 0 Å². The number of ketones is 1. The Bertz CT molecular complexity index is 893. The van der Waals surface area contributed by atoms with E-state index in [1.165, 1.54) is 6.92 Å². The number of carbonyl (C=O) groups is 2. The molecule has 0 atom stereocenters. The van der Waals surface area contributed by atoms with Gasteiger partial charge in [0, 0.05) is 17.4 Å². The minimum absolute atomic E-state index is 0.0115. The normalized spacial score (nSPS) is 10.2. The second-order valence-electron chi connectivity index (χ2n) is 5.57. The van der Waals surface area contributed by atoms with Crippen LogP contribution in [0.1, 0.15) is 33.5 Å². The minimum atomic E-state index is -0.319. The van der Waals surface area contributed by atoms with E-state index in [2.05, 4.69) is 25.8 Å². The molecule has 0 unspecified atom stereocenters. The van der Waals surface area contributed by atoms with Crippen LogP contribution in [0.5, 0.6) is 0 Å². The molecule has 0 aliphatic carbocycles. The Morgan fingerprint density at radius 1 is 0.962 bits per heavy atom. The van der Waals surface area contributed by atoms with Crippen LogP contribution in [0, 0.1) is 0 Å². The summed E-state index contributed by atoms with van der Waals surface area (Å²) in [6.45, 7) is 1.84. The highest BCUT2D eigenvalue weighted by molar-refractivity contribution is 5.94. The maximum Gasteiger partial charge on any atom is 0.272 e. The zero-order valence-corrected chi connectivity index (χ0v) is 14.1. The number of Topliss-reactive ketones (excluding diaryl/α,β-unsaturated/α-hetero) is 1. The molecule has 0 bridgehead atoms. The van der Waals surface area contributed by atoms with E-state index in [1.807, 2.05) is 18.2 Å². The predicted molar refractivity (Wildman–Crippen MR) is 97.2 cm³/mol. The third-order valence-electron chi connectivity index (χ3n) is 3.62. The molecule has 7 nitrogen and oxygen atoms in total. The Hall–Kier alpha value is -3.61. The molecule has 2 N–H and O–H groups in total. The van der Waals surface area contributed by atoms with Crippen molar-refractivity contribution in [2.45, 2.75) is 13.5 Å². The van der Waals surface area contributed by atoms with Crippen LogP contribution in [0.4, 0.5) is 11.5 Å². The third-order valence-corrected chi connectivity index (χ3v) is 3.62. The lowest BCUT2D eigenvalue weighted by atomic mass is 10.1. The molecule has 0 spiro atoms. The van der Waals surface area contributed by atoms with E-state index in [0.29, 0.717) is 17.9 Å². The third kappa shape index (κ3) is 4.47. The molecule has 130 valence electrons. The average molecular weight is 347 g/mol. The molecule has 1 amide bonds. The van der Waals surface area contributed by atoms with E-state index in [4.69, 9.17) is 0 Å². The lowest BCUT2D eigenvalue weighted by molar-refractivity contribution is 0.0943. The van der Waals surface area contributed by atoms with Crippen molar-refractivity contribution in [1.82, 2.24) is 20.5 Å². The van der Waals surface area contributed by atoms with Crippen molar-refractivity contribution in [3.05, 3.63) is 77.7 Å². The Balaban J connectivity index is 1.59. The molecule has 0 saturated carbocycles.